The van der Waals surface area contributed by atoms with Crippen LogP contribution in [0.2, 0.25) is 0 Å². The molecule has 0 radical (unpaired) electrons. The lowest BCUT2D eigenvalue weighted by Gasteiger charge is -2.08. The lowest BCUT2D eigenvalue weighted by Crippen LogP contribution is -2.07. The molecule has 1 aromatic heterocycles. The summed E-state index contributed by atoms with van der Waals surface area (Å²) in [6.07, 6.45) is -4.43. The van der Waals surface area contributed by atoms with Crippen LogP contribution in [0.5, 0.6) is 0 Å². The Morgan fingerprint density at radius 3 is 2.38 bits per heavy atom. The molecule has 0 amide bonds. The Hall–Kier alpha value is -0.620. The van der Waals surface area contributed by atoms with Gasteiger partial charge in [-0.3, -0.25) is 0 Å². The third-order valence-electron chi connectivity index (χ3n) is 2.01. The average molecular weight is 355 g/mol. The van der Waals surface area contributed by atoms with E-state index < -0.39 is 11.9 Å². The van der Waals surface area contributed by atoms with Crippen molar-refractivity contribution in [3.05, 3.63) is 38.9 Å². The zero-order valence-electron chi connectivity index (χ0n) is 7.65. The molecule has 0 saturated heterocycles. The smallest absolute Gasteiger partial charge is 0.243 e. The number of benzene rings is 1. The summed E-state index contributed by atoms with van der Waals surface area (Å²) < 4.78 is 38.6. The molecule has 84 valence electrons. The fourth-order valence-corrected chi connectivity index (χ4v) is 2.20. The summed E-state index contributed by atoms with van der Waals surface area (Å²) in [4.78, 5) is 3.57. The van der Waals surface area contributed by atoms with Crippen LogP contribution >= 0.6 is 31.9 Å². The highest BCUT2D eigenvalue weighted by Crippen LogP contribution is 2.33. The van der Waals surface area contributed by atoms with Gasteiger partial charge in [0.05, 0.1) is 5.52 Å². The van der Waals surface area contributed by atoms with Crippen LogP contribution in [-0.4, -0.2) is 4.98 Å². The van der Waals surface area contributed by atoms with E-state index >= 15 is 0 Å². The third kappa shape index (κ3) is 2.22. The molecule has 2 aromatic rings. The van der Waals surface area contributed by atoms with Gasteiger partial charge in [-0.25, -0.2) is 4.98 Å². The molecule has 1 nitrogen and oxygen atoms in total. The van der Waals surface area contributed by atoms with E-state index in [1.165, 1.54) is 0 Å². The Morgan fingerprint density at radius 1 is 1.06 bits per heavy atom. The lowest BCUT2D eigenvalue weighted by molar-refractivity contribution is -0.141. The van der Waals surface area contributed by atoms with Crippen molar-refractivity contribution < 1.29 is 13.2 Å². The first kappa shape index (κ1) is 11.9. The minimum Gasteiger partial charge on any atom is -0.243 e. The molecule has 0 aliphatic heterocycles. The SMILES string of the molecule is FC(F)(F)c1cc(Br)c2cc(Br)ccc2n1. The van der Waals surface area contributed by atoms with Crippen LogP contribution in [0.1, 0.15) is 5.69 Å². The van der Waals surface area contributed by atoms with Crippen LogP contribution in [0, 0.1) is 0 Å². The van der Waals surface area contributed by atoms with Crippen molar-refractivity contribution >= 4 is 42.8 Å². The zero-order chi connectivity index (χ0) is 11.9. The van der Waals surface area contributed by atoms with Crippen molar-refractivity contribution in [2.45, 2.75) is 6.18 Å². The first-order valence-corrected chi connectivity index (χ1v) is 5.79. The number of hydrogen-bond donors (Lipinski definition) is 0. The van der Waals surface area contributed by atoms with Crippen molar-refractivity contribution in [1.29, 1.82) is 0 Å². The van der Waals surface area contributed by atoms with Gasteiger partial charge >= 0.3 is 6.18 Å². The van der Waals surface area contributed by atoms with Crippen LogP contribution in [0.4, 0.5) is 13.2 Å². The third-order valence-corrected chi connectivity index (χ3v) is 3.16. The highest BCUT2D eigenvalue weighted by atomic mass is 79.9. The fourth-order valence-electron chi connectivity index (χ4n) is 1.30. The number of fused-ring (bicyclic) bond motifs is 1. The van der Waals surface area contributed by atoms with Crippen LogP contribution in [-0.2, 0) is 6.18 Å². The molecule has 1 heterocycles. The van der Waals surface area contributed by atoms with E-state index in [4.69, 9.17) is 0 Å². The molecule has 1 aromatic carbocycles. The Bertz CT molecular complexity index is 551. The van der Waals surface area contributed by atoms with Gasteiger partial charge in [0, 0.05) is 14.3 Å². The fraction of sp³-hybridized carbons (Fsp3) is 0.100. The number of alkyl halides is 3. The summed E-state index contributed by atoms with van der Waals surface area (Å²) in [6, 6.07) is 5.89. The van der Waals surface area contributed by atoms with Crippen LogP contribution in [0.15, 0.2) is 33.2 Å². The molecule has 0 fully saturated rings. The van der Waals surface area contributed by atoms with Crippen molar-refractivity contribution in [2.75, 3.05) is 0 Å². The summed E-state index contributed by atoms with van der Waals surface area (Å²) in [7, 11) is 0. The van der Waals surface area contributed by atoms with E-state index in [0.717, 1.165) is 10.5 Å². The highest BCUT2D eigenvalue weighted by molar-refractivity contribution is 9.11. The molecular formula is C10H4Br2F3N. The number of pyridine rings is 1. The minimum atomic E-state index is -4.43. The van der Waals surface area contributed by atoms with Gasteiger partial charge in [0.2, 0.25) is 0 Å². The monoisotopic (exact) mass is 353 g/mol. The number of halogens is 5. The second kappa shape index (κ2) is 4.00. The number of hydrogen-bond acceptors (Lipinski definition) is 1. The second-order valence-corrected chi connectivity index (χ2v) is 4.92. The molecule has 0 bridgehead atoms. The predicted octanol–water partition coefficient (Wildman–Crippen LogP) is 4.78. The van der Waals surface area contributed by atoms with Crippen molar-refractivity contribution in [1.82, 2.24) is 4.98 Å². The number of aromatic nitrogens is 1. The predicted molar refractivity (Wildman–Crippen MR) is 62.1 cm³/mol. The maximum Gasteiger partial charge on any atom is 0.433 e. The Kier molecular flexibility index (Phi) is 2.96. The molecule has 0 N–H and O–H groups in total. The summed E-state index contributed by atoms with van der Waals surface area (Å²) in [5, 5.41) is 0.641. The summed E-state index contributed by atoms with van der Waals surface area (Å²) in [6.45, 7) is 0. The van der Waals surface area contributed by atoms with E-state index in [0.29, 0.717) is 15.4 Å². The standard InChI is InChI=1S/C10H4Br2F3N/c11-5-1-2-8-6(3-5)7(12)4-9(16-8)10(13,14)15/h1-4H. The Labute approximate surface area is 106 Å². The first-order valence-electron chi connectivity index (χ1n) is 4.21. The normalized spacial score (nSPS) is 12.1. The van der Waals surface area contributed by atoms with E-state index in [1.54, 1.807) is 18.2 Å². The molecule has 0 saturated carbocycles. The molecular weight excluding hydrogens is 351 g/mol. The quantitative estimate of drug-likeness (QED) is 0.663. The number of nitrogens with zero attached hydrogens (tertiary/aromatic N) is 1. The number of rotatable bonds is 0. The first-order chi connectivity index (χ1) is 7.38. The van der Waals surface area contributed by atoms with Gasteiger partial charge in [-0.15, -0.1) is 0 Å². The van der Waals surface area contributed by atoms with E-state index in [2.05, 4.69) is 36.8 Å². The molecule has 0 atom stereocenters. The van der Waals surface area contributed by atoms with E-state index in [-0.39, 0.29) is 0 Å². The van der Waals surface area contributed by atoms with E-state index in [9.17, 15) is 13.2 Å². The second-order valence-electron chi connectivity index (χ2n) is 3.15. The molecule has 16 heavy (non-hydrogen) atoms. The van der Waals surface area contributed by atoms with Gasteiger partial charge in [-0.2, -0.15) is 13.2 Å². The van der Waals surface area contributed by atoms with Gasteiger partial charge in [-0.05, 0) is 24.3 Å². The lowest BCUT2D eigenvalue weighted by atomic mass is 10.2. The van der Waals surface area contributed by atoms with Crippen molar-refractivity contribution in [3.63, 3.8) is 0 Å². The van der Waals surface area contributed by atoms with Crippen molar-refractivity contribution in [2.24, 2.45) is 0 Å². The van der Waals surface area contributed by atoms with E-state index in [1.807, 2.05) is 0 Å². The average Bonchev–Trinajstić information content (AvgIpc) is 2.17. The van der Waals surface area contributed by atoms with Crippen LogP contribution < -0.4 is 0 Å². The largest absolute Gasteiger partial charge is 0.433 e. The molecule has 0 unspecified atom stereocenters. The molecule has 0 aliphatic rings. The highest BCUT2D eigenvalue weighted by Gasteiger charge is 2.33. The van der Waals surface area contributed by atoms with Crippen LogP contribution in [0.3, 0.4) is 0 Å². The van der Waals surface area contributed by atoms with Crippen molar-refractivity contribution in [3.8, 4) is 0 Å². The maximum atomic E-state index is 12.5. The summed E-state index contributed by atoms with van der Waals surface area (Å²) in [5.74, 6) is 0. The Morgan fingerprint density at radius 2 is 1.75 bits per heavy atom. The minimum absolute atomic E-state index is 0.310. The van der Waals surface area contributed by atoms with Gasteiger partial charge in [0.15, 0.2) is 0 Å². The molecule has 2 rings (SSSR count). The van der Waals surface area contributed by atoms with Gasteiger partial charge in [-0.1, -0.05) is 31.9 Å². The van der Waals surface area contributed by atoms with Gasteiger partial charge in [0.1, 0.15) is 5.69 Å². The van der Waals surface area contributed by atoms with Gasteiger partial charge < -0.3 is 0 Å². The topological polar surface area (TPSA) is 12.9 Å². The van der Waals surface area contributed by atoms with Gasteiger partial charge in [0.25, 0.3) is 0 Å². The summed E-state index contributed by atoms with van der Waals surface area (Å²) in [5.41, 5.74) is -0.584. The Balaban J connectivity index is 2.74. The molecule has 0 spiro atoms. The summed E-state index contributed by atoms with van der Waals surface area (Å²) >= 11 is 6.37. The zero-order valence-corrected chi connectivity index (χ0v) is 10.8. The maximum absolute atomic E-state index is 12.5. The van der Waals surface area contributed by atoms with Crippen LogP contribution in [0.25, 0.3) is 10.9 Å². The molecule has 6 heteroatoms. The molecule has 0 aliphatic carbocycles.